The zero-order valence-electron chi connectivity index (χ0n) is 10.1. The Morgan fingerprint density at radius 1 is 1.42 bits per heavy atom. The second kappa shape index (κ2) is 6.08. The molecular weight excluding hydrogens is 330 g/mol. The fraction of sp³-hybridized carbons (Fsp3) is 0.154. The normalized spacial score (nSPS) is 11.9. The van der Waals surface area contributed by atoms with Crippen LogP contribution < -0.4 is 10.1 Å². The van der Waals surface area contributed by atoms with E-state index in [1.165, 1.54) is 11.3 Å². The molecule has 0 radical (unpaired) electrons. The average Bonchev–Trinajstić information content (AvgIpc) is 2.82. The third-order valence-electron chi connectivity index (χ3n) is 2.61. The highest BCUT2D eigenvalue weighted by atomic mass is 79.9. The molecular formula is C13H12BrNO3S. The van der Waals surface area contributed by atoms with Gasteiger partial charge in [-0.3, -0.25) is 0 Å². The van der Waals surface area contributed by atoms with Crippen molar-refractivity contribution in [1.82, 2.24) is 0 Å². The minimum atomic E-state index is -0.940. The molecule has 0 spiro atoms. The summed E-state index contributed by atoms with van der Waals surface area (Å²) >= 11 is 4.81. The van der Waals surface area contributed by atoms with Crippen LogP contribution in [0.5, 0.6) is 5.75 Å². The summed E-state index contributed by atoms with van der Waals surface area (Å²) in [6.45, 7) is 0. The highest BCUT2D eigenvalue weighted by molar-refractivity contribution is 9.10. The minimum Gasteiger partial charge on any atom is -0.495 e. The number of anilines is 1. The van der Waals surface area contributed by atoms with Crippen LogP contribution in [0.4, 0.5) is 5.69 Å². The molecule has 0 bridgehead atoms. The third-order valence-corrected chi connectivity index (χ3v) is 4.36. The quantitative estimate of drug-likeness (QED) is 0.869. The highest BCUT2D eigenvalue weighted by Crippen LogP contribution is 2.32. The van der Waals surface area contributed by atoms with Crippen molar-refractivity contribution in [2.24, 2.45) is 0 Å². The van der Waals surface area contributed by atoms with Gasteiger partial charge in [0, 0.05) is 15.4 Å². The SMILES string of the molecule is COc1ccccc1NC(C(=O)O)c1cscc1Br. The number of benzene rings is 1. The van der Waals surface area contributed by atoms with Gasteiger partial charge in [0.2, 0.25) is 0 Å². The summed E-state index contributed by atoms with van der Waals surface area (Å²) in [5.74, 6) is -0.329. The van der Waals surface area contributed by atoms with Crippen LogP contribution >= 0.6 is 27.3 Å². The maximum absolute atomic E-state index is 11.4. The number of thiophene rings is 1. The van der Waals surface area contributed by atoms with Gasteiger partial charge in [-0.1, -0.05) is 12.1 Å². The number of carboxylic acids is 1. The molecule has 100 valence electrons. The van der Waals surface area contributed by atoms with Gasteiger partial charge >= 0.3 is 5.97 Å². The molecule has 0 fully saturated rings. The van der Waals surface area contributed by atoms with Crippen LogP contribution in [0.1, 0.15) is 11.6 Å². The predicted octanol–water partition coefficient (Wildman–Crippen LogP) is 3.76. The molecule has 0 amide bonds. The first kappa shape index (κ1) is 13.9. The van der Waals surface area contributed by atoms with Gasteiger partial charge in [-0.25, -0.2) is 4.79 Å². The number of aliphatic carboxylic acids is 1. The van der Waals surface area contributed by atoms with Crippen molar-refractivity contribution in [3.8, 4) is 5.75 Å². The van der Waals surface area contributed by atoms with E-state index in [9.17, 15) is 9.90 Å². The van der Waals surface area contributed by atoms with E-state index < -0.39 is 12.0 Å². The highest BCUT2D eigenvalue weighted by Gasteiger charge is 2.23. The van der Waals surface area contributed by atoms with E-state index in [2.05, 4.69) is 21.2 Å². The molecule has 2 aromatic rings. The fourth-order valence-corrected chi connectivity index (χ4v) is 3.24. The Morgan fingerprint density at radius 2 is 2.16 bits per heavy atom. The Morgan fingerprint density at radius 3 is 2.74 bits per heavy atom. The van der Waals surface area contributed by atoms with E-state index in [4.69, 9.17) is 4.74 Å². The van der Waals surface area contributed by atoms with Crippen LogP contribution in [-0.2, 0) is 4.79 Å². The van der Waals surface area contributed by atoms with E-state index in [-0.39, 0.29) is 0 Å². The Kier molecular flexibility index (Phi) is 4.44. The summed E-state index contributed by atoms with van der Waals surface area (Å²) in [5, 5.41) is 16.0. The van der Waals surface area contributed by atoms with E-state index in [0.29, 0.717) is 17.0 Å². The van der Waals surface area contributed by atoms with Crippen molar-refractivity contribution in [3.05, 3.63) is 45.1 Å². The van der Waals surface area contributed by atoms with Gasteiger partial charge in [0.25, 0.3) is 0 Å². The molecule has 0 aliphatic carbocycles. The van der Waals surface area contributed by atoms with Crippen LogP contribution in [-0.4, -0.2) is 18.2 Å². The zero-order chi connectivity index (χ0) is 13.8. The van der Waals surface area contributed by atoms with Gasteiger partial charge in [-0.2, -0.15) is 11.3 Å². The number of para-hydroxylation sites is 2. The predicted molar refractivity (Wildman–Crippen MR) is 79.0 cm³/mol. The number of methoxy groups -OCH3 is 1. The van der Waals surface area contributed by atoms with Gasteiger partial charge in [-0.15, -0.1) is 0 Å². The molecule has 6 heteroatoms. The Bertz CT molecular complexity index is 585. The van der Waals surface area contributed by atoms with Gasteiger partial charge in [0.05, 0.1) is 12.8 Å². The summed E-state index contributed by atoms with van der Waals surface area (Å²) in [4.78, 5) is 11.4. The lowest BCUT2D eigenvalue weighted by Crippen LogP contribution is -2.20. The second-order valence-electron chi connectivity index (χ2n) is 3.79. The first-order valence-corrected chi connectivity index (χ1v) is 7.21. The summed E-state index contributed by atoms with van der Waals surface area (Å²) in [6.07, 6.45) is 0. The van der Waals surface area contributed by atoms with Crippen molar-refractivity contribution in [3.63, 3.8) is 0 Å². The molecule has 0 saturated heterocycles. The smallest absolute Gasteiger partial charge is 0.330 e. The Balaban J connectivity index is 2.32. The largest absolute Gasteiger partial charge is 0.495 e. The molecule has 0 saturated carbocycles. The van der Waals surface area contributed by atoms with Crippen molar-refractivity contribution in [1.29, 1.82) is 0 Å². The van der Waals surface area contributed by atoms with Gasteiger partial charge in [0.1, 0.15) is 5.75 Å². The first-order valence-electron chi connectivity index (χ1n) is 5.47. The molecule has 0 aliphatic heterocycles. The molecule has 1 heterocycles. The number of rotatable bonds is 5. The van der Waals surface area contributed by atoms with Crippen molar-refractivity contribution in [2.75, 3.05) is 12.4 Å². The molecule has 0 aliphatic rings. The number of carboxylic acid groups (broad SMARTS) is 1. The van der Waals surface area contributed by atoms with E-state index in [1.54, 1.807) is 19.2 Å². The topological polar surface area (TPSA) is 58.6 Å². The summed E-state index contributed by atoms with van der Waals surface area (Å²) in [6, 6.07) is 6.41. The average molecular weight is 342 g/mol. The number of halogens is 1. The first-order chi connectivity index (χ1) is 9.13. The number of nitrogens with one attached hydrogen (secondary N) is 1. The van der Waals surface area contributed by atoms with Crippen LogP contribution in [0.2, 0.25) is 0 Å². The molecule has 2 N–H and O–H groups in total. The standard InChI is InChI=1S/C13H12BrNO3S/c1-18-11-5-3-2-4-10(11)15-12(13(16)17)8-6-19-7-9(8)14/h2-7,12,15H,1H3,(H,16,17). The van der Waals surface area contributed by atoms with Crippen LogP contribution in [0, 0.1) is 0 Å². The third kappa shape index (κ3) is 3.08. The van der Waals surface area contributed by atoms with Crippen LogP contribution in [0.15, 0.2) is 39.5 Å². The van der Waals surface area contributed by atoms with Crippen LogP contribution in [0.3, 0.4) is 0 Å². The number of ether oxygens (including phenoxy) is 1. The molecule has 4 nitrogen and oxygen atoms in total. The summed E-state index contributed by atoms with van der Waals surface area (Å²) in [5.41, 5.74) is 1.35. The van der Waals surface area contributed by atoms with Crippen LogP contribution in [0.25, 0.3) is 0 Å². The monoisotopic (exact) mass is 341 g/mol. The van der Waals surface area contributed by atoms with Crippen molar-refractivity contribution < 1.29 is 14.6 Å². The van der Waals surface area contributed by atoms with E-state index in [0.717, 1.165) is 4.47 Å². The Labute approximate surface area is 123 Å². The van der Waals surface area contributed by atoms with Crippen molar-refractivity contribution in [2.45, 2.75) is 6.04 Å². The summed E-state index contributed by atoms with van der Waals surface area (Å²) < 4.78 is 5.99. The summed E-state index contributed by atoms with van der Waals surface area (Å²) in [7, 11) is 1.55. The maximum Gasteiger partial charge on any atom is 0.330 e. The number of hydrogen-bond acceptors (Lipinski definition) is 4. The molecule has 1 unspecified atom stereocenters. The lowest BCUT2D eigenvalue weighted by Gasteiger charge is -2.17. The molecule has 2 rings (SSSR count). The maximum atomic E-state index is 11.4. The van der Waals surface area contributed by atoms with Gasteiger partial charge < -0.3 is 15.2 Å². The molecule has 1 atom stereocenters. The van der Waals surface area contributed by atoms with E-state index in [1.807, 2.05) is 22.9 Å². The van der Waals surface area contributed by atoms with Crippen molar-refractivity contribution >= 4 is 38.9 Å². The fourth-order valence-electron chi connectivity index (χ4n) is 1.69. The van der Waals surface area contributed by atoms with Gasteiger partial charge in [0.15, 0.2) is 6.04 Å². The minimum absolute atomic E-state index is 0.611. The molecule has 19 heavy (non-hydrogen) atoms. The lowest BCUT2D eigenvalue weighted by atomic mass is 10.1. The zero-order valence-corrected chi connectivity index (χ0v) is 12.5. The number of carbonyl (C=O) groups is 1. The second-order valence-corrected chi connectivity index (χ2v) is 5.39. The van der Waals surface area contributed by atoms with E-state index >= 15 is 0 Å². The molecule has 1 aromatic heterocycles. The Hall–Kier alpha value is -1.53. The van der Waals surface area contributed by atoms with Gasteiger partial charge in [-0.05, 0) is 33.4 Å². The lowest BCUT2D eigenvalue weighted by molar-refractivity contribution is -0.138. The molecule has 1 aromatic carbocycles. The number of hydrogen-bond donors (Lipinski definition) is 2.